The van der Waals surface area contributed by atoms with Crippen LogP contribution in [0.1, 0.15) is 37.0 Å². The minimum Gasteiger partial charge on any atom is -0.389 e. The lowest BCUT2D eigenvalue weighted by Gasteiger charge is -2.29. The van der Waals surface area contributed by atoms with Crippen molar-refractivity contribution in [2.45, 2.75) is 42.4 Å². The van der Waals surface area contributed by atoms with Crippen LogP contribution in [-0.4, -0.2) is 30.8 Å². The maximum absolute atomic E-state index is 12.5. The van der Waals surface area contributed by atoms with Crippen LogP contribution in [0.5, 0.6) is 0 Å². The van der Waals surface area contributed by atoms with Crippen molar-refractivity contribution < 1.29 is 8.42 Å². The second-order valence-corrected chi connectivity index (χ2v) is 8.54. The Morgan fingerprint density at radius 1 is 1.37 bits per heavy atom. The number of sulfonamides is 1. The third kappa shape index (κ3) is 3.16. The highest BCUT2D eigenvalue weighted by Gasteiger charge is 2.30. The van der Waals surface area contributed by atoms with Gasteiger partial charge in [-0.15, -0.1) is 11.3 Å². The second kappa shape index (κ2) is 5.87. The number of nitrogens with zero attached hydrogens (tertiary/aromatic N) is 1. The standard InChI is InChI=1S/C12H18N2O2S3/c1-14(9-5-3-2-4-6-9)19(15,16)11-8-7-10(18-11)12(13)17/h7-9H,2-6H2,1H3,(H2,13,17). The van der Waals surface area contributed by atoms with E-state index in [9.17, 15) is 8.42 Å². The molecule has 0 unspecified atom stereocenters. The van der Waals surface area contributed by atoms with Crippen LogP contribution in [0.3, 0.4) is 0 Å². The fourth-order valence-corrected chi connectivity index (χ4v) is 5.33. The zero-order valence-corrected chi connectivity index (χ0v) is 13.3. The van der Waals surface area contributed by atoms with Gasteiger partial charge in [0.2, 0.25) is 0 Å². The molecule has 0 atom stereocenters. The van der Waals surface area contributed by atoms with Crippen LogP contribution in [-0.2, 0) is 10.0 Å². The molecule has 7 heteroatoms. The molecule has 0 radical (unpaired) electrons. The minimum absolute atomic E-state index is 0.120. The van der Waals surface area contributed by atoms with Gasteiger partial charge in [-0.2, -0.15) is 4.31 Å². The molecule has 1 fully saturated rings. The van der Waals surface area contributed by atoms with Gasteiger partial charge in [-0.1, -0.05) is 31.5 Å². The summed E-state index contributed by atoms with van der Waals surface area (Å²) in [5.41, 5.74) is 5.52. The van der Waals surface area contributed by atoms with E-state index in [-0.39, 0.29) is 11.0 Å². The number of hydrogen-bond donors (Lipinski definition) is 1. The highest BCUT2D eigenvalue weighted by Crippen LogP contribution is 2.29. The van der Waals surface area contributed by atoms with E-state index in [0.717, 1.165) is 37.0 Å². The van der Waals surface area contributed by atoms with Crippen LogP contribution in [0.25, 0.3) is 0 Å². The Hall–Kier alpha value is -0.500. The highest BCUT2D eigenvalue weighted by molar-refractivity contribution is 7.91. The molecule has 1 aromatic rings. The topological polar surface area (TPSA) is 63.4 Å². The molecule has 1 saturated carbocycles. The molecule has 0 aromatic carbocycles. The van der Waals surface area contributed by atoms with Crippen LogP contribution in [0.4, 0.5) is 0 Å². The van der Waals surface area contributed by atoms with Crippen molar-refractivity contribution in [1.82, 2.24) is 4.31 Å². The normalized spacial score (nSPS) is 17.8. The van der Waals surface area contributed by atoms with Crippen molar-refractivity contribution in [3.8, 4) is 0 Å². The van der Waals surface area contributed by atoms with Crippen LogP contribution < -0.4 is 5.73 Å². The molecule has 1 aliphatic rings. The summed E-state index contributed by atoms with van der Waals surface area (Å²) in [6.07, 6.45) is 5.31. The first-order valence-corrected chi connectivity index (χ1v) is 8.97. The summed E-state index contributed by atoms with van der Waals surface area (Å²) >= 11 is 6.01. The zero-order chi connectivity index (χ0) is 14.0. The molecule has 2 N–H and O–H groups in total. The van der Waals surface area contributed by atoms with Gasteiger partial charge in [0.25, 0.3) is 10.0 Å². The van der Waals surface area contributed by atoms with Gasteiger partial charge in [0.1, 0.15) is 9.20 Å². The molecule has 0 spiro atoms. The third-order valence-electron chi connectivity index (χ3n) is 3.55. The van der Waals surface area contributed by atoms with Crippen LogP contribution in [0.2, 0.25) is 0 Å². The van der Waals surface area contributed by atoms with E-state index in [1.165, 1.54) is 10.7 Å². The van der Waals surface area contributed by atoms with E-state index in [1.54, 1.807) is 19.2 Å². The van der Waals surface area contributed by atoms with E-state index >= 15 is 0 Å². The molecule has 0 bridgehead atoms. The first kappa shape index (κ1) is 14.9. The number of nitrogens with two attached hydrogens (primary N) is 1. The molecule has 19 heavy (non-hydrogen) atoms. The van der Waals surface area contributed by atoms with Gasteiger partial charge in [-0.3, -0.25) is 0 Å². The first-order valence-electron chi connectivity index (χ1n) is 6.30. The summed E-state index contributed by atoms with van der Waals surface area (Å²) in [6, 6.07) is 3.39. The van der Waals surface area contributed by atoms with Crippen LogP contribution in [0.15, 0.2) is 16.3 Å². The lowest BCUT2D eigenvalue weighted by molar-refractivity contribution is 0.286. The summed E-state index contributed by atoms with van der Waals surface area (Å²) in [6.45, 7) is 0. The first-order chi connectivity index (χ1) is 8.93. The Bertz CT molecular complexity index is 559. The van der Waals surface area contributed by atoms with E-state index in [4.69, 9.17) is 18.0 Å². The number of hydrogen-bond acceptors (Lipinski definition) is 4. The van der Waals surface area contributed by atoms with Crippen molar-refractivity contribution in [3.05, 3.63) is 17.0 Å². The van der Waals surface area contributed by atoms with Gasteiger partial charge in [0.15, 0.2) is 0 Å². The Balaban J connectivity index is 2.22. The van der Waals surface area contributed by atoms with E-state index < -0.39 is 10.0 Å². The van der Waals surface area contributed by atoms with E-state index in [1.807, 2.05) is 0 Å². The van der Waals surface area contributed by atoms with Crippen LogP contribution in [0, 0.1) is 0 Å². The molecular weight excluding hydrogens is 300 g/mol. The predicted molar refractivity (Wildman–Crippen MR) is 82.0 cm³/mol. The minimum atomic E-state index is -3.41. The zero-order valence-electron chi connectivity index (χ0n) is 10.8. The van der Waals surface area contributed by atoms with Crippen molar-refractivity contribution >= 4 is 38.6 Å². The Morgan fingerprint density at radius 2 is 2.00 bits per heavy atom. The molecule has 106 valence electrons. The molecule has 0 aliphatic heterocycles. The quantitative estimate of drug-likeness (QED) is 0.866. The summed E-state index contributed by atoms with van der Waals surface area (Å²) in [5, 5.41) is 0. The third-order valence-corrected chi connectivity index (χ3v) is 7.39. The van der Waals surface area contributed by atoms with Gasteiger partial charge in [-0.05, 0) is 25.0 Å². The summed E-state index contributed by atoms with van der Waals surface area (Å²) in [4.78, 5) is 0.886. The lowest BCUT2D eigenvalue weighted by Crippen LogP contribution is -2.37. The molecule has 1 aliphatic carbocycles. The van der Waals surface area contributed by atoms with Gasteiger partial charge >= 0.3 is 0 Å². The molecule has 1 aromatic heterocycles. The molecule has 0 amide bonds. The number of thiophene rings is 1. The lowest BCUT2D eigenvalue weighted by atomic mass is 9.96. The molecule has 0 saturated heterocycles. The van der Waals surface area contributed by atoms with Crippen molar-refractivity contribution in [3.63, 3.8) is 0 Å². The summed E-state index contributed by atoms with van der Waals surface area (Å²) in [7, 11) is -1.74. The maximum atomic E-state index is 12.5. The average molecular weight is 318 g/mol. The van der Waals surface area contributed by atoms with Gasteiger partial charge in [-0.25, -0.2) is 8.42 Å². The van der Waals surface area contributed by atoms with Gasteiger partial charge in [0.05, 0.1) is 4.88 Å². The Kier molecular flexibility index (Phi) is 4.60. The molecule has 4 nitrogen and oxygen atoms in total. The van der Waals surface area contributed by atoms with Crippen molar-refractivity contribution in [1.29, 1.82) is 0 Å². The van der Waals surface area contributed by atoms with Crippen molar-refractivity contribution in [2.24, 2.45) is 5.73 Å². The smallest absolute Gasteiger partial charge is 0.252 e. The molecule has 2 rings (SSSR count). The average Bonchev–Trinajstić information content (AvgIpc) is 2.89. The highest BCUT2D eigenvalue weighted by atomic mass is 32.2. The largest absolute Gasteiger partial charge is 0.389 e. The second-order valence-electron chi connectivity index (χ2n) is 4.80. The SMILES string of the molecule is CN(C1CCCCC1)S(=O)(=O)c1ccc(C(N)=S)s1. The maximum Gasteiger partial charge on any atom is 0.252 e. The summed E-state index contributed by atoms with van der Waals surface area (Å²) < 4.78 is 26.9. The van der Waals surface area contributed by atoms with Crippen LogP contribution >= 0.6 is 23.6 Å². The van der Waals surface area contributed by atoms with E-state index in [0.29, 0.717) is 9.09 Å². The van der Waals surface area contributed by atoms with Gasteiger partial charge in [0, 0.05) is 13.1 Å². The van der Waals surface area contributed by atoms with E-state index in [2.05, 4.69) is 0 Å². The van der Waals surface area contributed by atoms with Crippen molar-refractivity contribution in [2.75, 3.05) is 7.05 Å². The Labute approximate surface area is 123 Å². The number of thiocarbonyl (C=S) groups is 1. The fraction of sp³-hybridized carbons (Fsp3) is 0.583. The summed E-state index contributed by atoms with van der Waals surface area (Å²) in [5.74, 6) is 0. The number of rotatable bonds is 4. The van der Waals surface area contributed by atoms with Gasteiger partial charge < -0.3 is 5.73 Å². The predicted octanol–water partition coefficient (Wildman–Crippen LogP) is 2.34. The monoisotopic (exact) mass is 318 g/mol. The molecular formula is C12H18N2O2S3. The Morgan fingerprint density at radius 3 is 2.53 bits per heavy atom. The molecule has 1 heterocycles. The fourth-order valence-electron chi connectivity index (χ4n) is 2.37.